The van der Waals surface area contributed by atoms with Crippen LogP contribution in [0.2, 0.25) is 0 Å². The molecule has 0 aromatic heterocycles. The molecule has 110 valence electrons. The normalized spacial score (nSPS) is 13.4. The van der Waals surface area contributed by atoms with E-state index in [2.05, 4.69) is 16.0 Å². The Bertz CT molecular complexity index is 322. The van der Waals surface area contributed by atoms with Gasteiger partial charge in [0.2, 0.25) is 11.8 Å². The minimum atomic E-state index is -1.08. The molecule has 0 saturated heterocycles. The second-order valence-corrected chi connectivity index (χ2v) is 3.97. The number of carbonyl (C=O) groups excluding carboxylic acids is 2. The fraction of sp³-hybridized carbons (Fsp3) is 0.700. The number of hydrogen-bond donors (Lipinski definition) is 7. The lowest BCUT2D eigenvalue weighted by molar-refractivity contribution is -0.129. The molecular formula is C10H22N6O3. The van der Waals surface area contributed by atoms with Crippen molar-refractivity contribution >= 4 is 17.8 Å². The highest BCUT2D eigenvalue weighted by Crippen LogP contribution is 1.97. The summed E-state index contributed by atoms with van der Waals surface area (Å²) >= 11 is 0. The van der Waals surface area contributed by atoms with E-state index in [-0.39, 0.29) is 5.96 Å². The molecular weight excluding hydrogens is 252 g/mol. The highest BCUT2D eigenvalue weighted by atomic mass is 16.3. The molecule has 0 fully saturated rings. The van der Waals surface area contributed by atoms with E-state index in [4.69, 9.17) is 22.0 Å². The topological polar surface area (TPSA) is 166 Å². The summed E-state index contributed by atoms with van der Waals surface area (Å²) in [5.74, 6) is -1.33. The molecule has 0 spiro atoms. The van der Waals surface area contributed by atoms with Crippen LogP contribution in [0.5, 0.6) is 0 Å². The number of likely N-dealkylation sites (N-methyl/N-ethyl adjacent to an activating group) is 1. The van der Waals surface area contributed by atoms with E-state index in [0.717, 1.165) is 0 Å². The Morgan fingerprint density at radius 2 is 1.95 bits per heavy atom. The number of carbonyl (C=O) groups is 2. The largest absolute Gasteiger partial charge is 0.394 e. The molecule has 0 saturated carbocycles. The quantitative estimate of drug-likeness (QED) is 0.133. The number of amides is 2. The van der Waals surface area contributed by atoms with Crippen molar-refractivity contribution in [1.29, 1.82) is 5.41 Å². The Kier molecular flexibility index (Phi) is 8.22. The van der Waals surface area contributed by atoms with Crippen molar-refractivity contribution in [1.82, 2.24) is 16.0 Å². The maximum absolute atomic E-state index is 11.8. The zero-order chi connectivity index (χ0) is 14.8. The van der Waals surface area contributed by atoms with Crippen molar-refractivity contribution in [3.8, 4) is 0 Å². The number of guanidine groups is 1. The first kappa shape index (κ1) is 17.1. The molecule has 0 aromatic carbocycles. The van der Waals surface area contributed by atoms with Crippen LogP contribution in [0.4, 0.5) is 0 Å². The number of primary amides is 1. The Morgan fingerprint density at radius 1 is 1.32 bits per heavy atom. The van der Waals surface area contributed by atoms with Gasteiger partial charge in [-0.2, -0.15) is 0 Å². The fourth-order valence-electron chi connectivity index (χ4n) is 1.41. The van der Waals surface area contributed by atoms with Crippen LogP contribution in [0.3, 0.4) is 0 Å². The van der Waals surface area contributed by atoms with E-state index in [1.54, 1.807) is 7.05 Å². The van der Waals surface area contributed by atoms with Crippen LogP contribution < -0.4 is 27.4 Å². The predicted molar refractivity (Wildman–Crippen MR) is 70.2 cm³/mol. The highest BCUT2D eigenvalue weighted by Gasteiger charge is 2.22. The average Bonchev–Trinajstić information content (AvgIpc) is 2.34. The number of rotatable bonds is 9. The molecule has 0 bridgehead atoms. The highest BCUT2D eigenvalue weighted by molar-refractivity contribution is 5.89. The summed E-state index contributed by atoms with van der Waals surface area (Å²) < 4.78 is 0. The fourth-order valence-corrected chi connectivity index (χ4v) is 1.41. The number of hydrogen-bond acceptors (Lipinski definition) is 5. The maximum Gasteiger partial charge on any atom is 0.242 e. The second kappa shape index (κ2) is 9.11. The number of nitrogens with one attached hydrogen (secondary N) is 4. The van der Waals surface area contributed by atoms with Gasteiger partial charge in [-0.05, 0) is 19.9 Å². The van der Waals surface area contributed by atoms with Gasteiger partial charge in [-0.3, -0.25) is 15.0 Å². The van der Waals surface area contributed by atoms with Gasteiger partial charge >= 0.3 is 0 Å². The van der Waals surface area contributed by atoms with Crippen molar-refractivity contribution in [2.45, 2.75) is 24.9 Å². The van der Waals surface area contributed by atoms with Crippen molar-refractivity contribution in [2.24, 2.45) is 11.5 Å². The average molecular weight is 274 g/mol. The van der Waals surface area contributed by atoms with E-state index in [1.807, 2.05) is 0 Å². The van der Waals surface area contributed by atoms with Crippen LogP contribution >= 0.6 is 0 Å². The number of nitrogens with two attached hydrogens (primary N) is 2. The standard InChI is InChI=1S/C10H22N6O3/c1-14-6(3-2-4-15-10(12)13)9(19)16-7(5-17)8(11)18/h6-7,14,17H,2-5H2,1H3,(H2,11,18)(H,16,19)(H4,12,13,15)/t6-,7?/m0/s1. The van der Waals surface area contributed by atoms with Gasteiger partial charge in [0.1, 0.15) is 6.04 Å². The molecule has 0 radical (unpaired) electrons. The van der Waals surface area contributed by atoms with Gasteiger partial charge in [-0.15, -0.1) is 0 Å². The van der Waals surface area contributed by atoms with Crippen LogP contribution in [-0.2, 0) is 9.59 Å². The third-order valence-corrected chi connectivity index (χ3v) is 2.49. The van der Waals surface area contributed by atoms with Gasteiger partial charge in [0.05, 0.1) is 12.6 Å². The van der Waals surface area contributed by atoms with Crippen molar-refractivity contribution in [3.63, 3.8) is 0 Å². The van der Waals surface area contributed by atoms with Crippen molar-refractivity contribution < 1.29 is 14.7 Å². The molecule has 9 N–H and O–H groups in total. The summed E-state index contributed by atoms with van der Waals surface area (Å²) in [5.41, 5.74) is 10.1. The van der Waals surface area contributed by atoms with Gasteiger partial charge in [0.25, 0.3) is 0 Å². The van der Waals surface area contributed by atoms with E-state index < -0.39 is 30.5 Å². The second-order valence-electron chi connectivity index (χ2n) is 3.97. The maximum atomic E-state index is 11.8. The molecule has 2 amide bonds. The third kappa shape index (κ3) is 7.21. The van der Waals surface area contributed by atoms with E-state index in [9.17, 15) is 9.59 Å². The SMILES string of the molecule is CN[C@@H](CCCNC(=N)N)C(=O)NC(CO)C(N)=O. The first-order chi connectivity index (χ1) is 8.92. The molecule has 0 rings (SSSR count). The predicted octanol–water partition coefficient (Wildman–Crippen LogP) is -3.20. The molecule has 0 aromatic rings. The lowest BCUT2D eigenvalue weighted by atomic mass is 10.1. The first-order valence-electron chi connectivity index (χ1n) is 5.88. The lowest BCUT2D eigenvalue weighted by Crippen LogP contribution is -2.52. The van der Waals surface area contributed by atoms with Crippen molar-refractivity contribution in [2.75, 3.05) is 20.2 Å². The molecule has 1 unspecified atom stereocenters. The number of aliphatic hydroxyl groups excluding tert-OH is 1. The Labute approximate surface area is 111 Å². The van der Waals surface area contributed by atoms with E-state index in [0.29, 0.717) is 19.4 Å². The molecule has 0 aliphatic carbocycles. The van der Waals surface area contributed by atoms with Crippen LogP contribution in [-0.4, -0.2) is 55.2 Å². The summed E-state index contributed by atoms with van der Waals surface area (Å²) in [6, 6.07) is -1.60. The lowest BCUT2D eigenvalue weighted by Gasteiger charge is -2.19. The molecule has 9 nitrogen and oxygen atoms in total. The third-order valence-electron chi connectivity index (χ3n) is 2.49. The Hall–Kier alpha value is -1.87. The van der Waals surface area contributed by atoms with E-state index in [1.165, 1.54) is 0 Å². The Morgan fingerprint density at radius 3 is 2.37 bits per heavy atom. The summed E-state index contributed by atoms with van der Waals surface area (Å²) in [7, 11) is 1.61. The summed E-state index contributed by atoms with van der Waals surface area (Å²) in [4.78, 5) is 22.7. The summed E-state index contributed by atoms with van der Waals surface area (Å²) in [6.45, 7) is -0.0660. The smallest absolute Gasteiger partial charge is 0.242 e. The minimum absolute atomic E-state index is 0.125. The molecule has 0 aliphatic rings. The van der Waals surface area contributed by atoms with Crippen LogP contribution in [0.25, 0.3) is 0 Å². The van der Waals surface area contributed by atoms with Gasteiger partial charge < -0.3 is 32.5 Å². The monoisotopic (exact) mass is 274 g/mol. The van der Waals surface area contributed by atoms with Crippen LogP contribution in [0.15, 0.2) is 0 Å². The summed E-state index contributed by atoms with van der Waals surface area (Å²) in [6.07, 6.45) is 1.10. The van der Waals surface area contributed by atoms with Crippen LogP contribution in [0, 0.1) is 5.41 Å². The van der Waals surface area contributed by atoms with Crippen LogP contribution in [0.1, 0.15) is 12.8 Å². The van der Waals surface area contributed by atoms with Crippen molar-refractivity contribution in [3.05, 3.63) is 0 Å². The Balaban J connectivity index is 4.16. The van der Waals surface area contributed by atoms with Gasteiger partial charge in [-0.25, -0.2) is 0 Å². The van der Waals surface area contributed by atoms with E-state index >= 15 is 0 Å². The molecule has 0 aliphatic heterocycles. The van der Waals surface area contributed by atoms with Gasteiger partial charge in [-0.1, -0.05) is 0 Å². The molecule has 0 heterocycles. The number of aliphatic hydroxyl groups is 1. The van der Waals surface area contributed by atoms with Gasteiger partial charge in [0.15, 0.2) is 5.96 Å². The summed E-state index contributed by atoms with van der Waals surface area (Å²) in [5, 5.41) is 23.6. The zero-order valence-electron chi connectivity index (χ0n) is 10.9. The zero-order valence-corrected chi connectivity index (χ0v) is 10.9. The molecule has 9 heteroatoms. The first-order valence-corrected chi connectivity index (χ1v) is 5.88. The molecule has 19 heavy (non-hydrogen) atoms. The van der Waals surface area contributed by atoms with Gasteiger partial charge in [0, 0.05) is 6.54 Å². The molecule has 2 atom stereocenters. The minimum Gasteiger partial charge on any atom is -0.394 e.